The zero-order chi connectivity index (χ0) is 15.2. The minimum atomic E-state index is -4.50. The van der Waals surface area contributed by atoms with Crippen molar-refractivity contribution in [3.63, 3.8) is 0 Å². The van der Waals surface area contributed by atoms with Crippen LogP contribution < -0.4 is 0 Å². The zero-order valence-corrected chi connectivity index (χ0v) is 12.1. The molecule has 0 bridgehead atoms. The Balaban J connectivity index is 2.19. The van der Waals surface area contributed by atoms with Gasteiger partial charge < -0.3 is 4.57 Å². The Morgan fingerprint density at radius 2 is 1.90 bits per heavy atom. The van der Waals surface area contributed by atoms with Crippen molar-refractivity contribution >= 4 is 27.2 Å². The number of hydrogen-bond acceptors (Lipinski definition) is 4. The van der Waals surface area contributed by atoms with Crippen molar-refractivity contribution in [2.45, 2.75) is 6.18 Å². The van der Waals surface area contributed by atoms with Crippen LogP contribution in [0.5, 0.6) is 0 Å². The van der Waals surface area contributed by atoms with Gasteiger partial charge in [0.1, 0.15) is 16.0 Å². The minimum Gasteiger partial charge on any atom is -0.309 e. The highest BCUT2D eigenvalue weighted by Gasteiger charge is 2.32. The molecule has 108 valence electrons. The number of imidazole rings is 1. The van der Waals surface area contributed by atoms with E-state index in [2.05, 4.69) is 35.9 Å². The Bertz CT molecular complexity index is 827. The quantitative estimate of drug-likeness (QED) is 0.670. The van der Waals surface area contributed by atoms with Crippen molar-refractivity contribution in [3.05, 3.63) is 34.7 Å². The summed E-state index contributed by atoms with van der Waals surface area (Å²) in [5.41, 5.74) is -0.0501. The zero-order valence-electron chi connectivity index (χ0n) is 10.6. The lowest BCUT2D eigenvalue weighted by Gasteiger charge is -2.07. The van der Waals surface area contributed by atoms with Gasteiger partial charge in [-0.3, -0.25) is 0 Å². The third-order valence-electron chi connectivity index (χ3n) is 2.82. The lowest BCUT2D eigenvalue weighted by Crippen LogP contribution is -2.08. The van der Waals surface area contributed by atoms with Crippen LogP contribution in [0.15, 0.2) is 29.0 Å². The molecule has 0 aliphatic rings. The molecule has 0 aromatic carbocycles. The smallest absolute Gasteiger partial charge is 0.309 e. The van der Waals surface area contributed by atoms with Gasteiger partial charge in [-0.15, -0.1) is 0 Å². The molecule has 3 aromatic rings. The van der Waals surface area contributed by atoms with Gasteiger partial charge in [0, 0.05) is 7.05 Å². The summed E-state index contributed by atoms with van der Waals surface area (Å²) in [6, 6.07) is 3.67. The van der Waals surface area contributed by atoms with E-state index in [1.807, 2.05) is 0 Å². The van der Waals surface area contributed by atoms with Gasteiger partial charge in [-0.2, -0.15) is 13.2 Å². The molecule has 0 spiro atoms. The second kappa shape index (κ2) is 4.76. The maximum absolute atomic E-state index is 12.7. The third-order valence-corrected chi connectivity index (χ3v) is 3.20. The first-order valence-electron chi connectivity index (χ1n) is 5.76. The molecule has 0 amide bonds. The molecule has 0 fully saturated rings. The summed E-state index contributed by atoms with van der Waals surface area (Å²) in [6.45, 7) is 0. The molecule has 0 N–H and O–H groups in total. The number of aryl methyl sites for hydroxylation is 1. The van der Waals surface area contributed by atoms with Crippen molar-refractivity contribution in [2.24, 2.45) is 7.05 Å². The Morgan fingerprint density at radius 1 is 1.14 bits per heavy atom. The highest BCUT2D eigenvalue weighted by atomic mass is 79.9. The average Bonchev–Trinajstić information content (AvgIpc) is 2.74. The van der Waals surface area contributed by atoms with E-state index in [4.69, 9.17) is 0 Å². The van der Waals surface area contributed by atoms with Crippen LogP contribution in [0.2, 0.25) is 0 Å². The van der Waals surface area contributed by atoms with Crippen LogP contribution >= 0.6 is 15.9 Å². The number of pyridine rings is 1. The molecule has 0 saturated heterocycles. The van der Waals surface area contributed by atoms with E-state index in [1.165, 1.54) is 18.3 Å². The Labute approximate surface area is 125 Å². The minimum absolute atomic E-state index is 0.114. The fourth-order valence-electron chi connectivity index (χ4n) is 1.89. The average molecular weight is 358 g/mol. The lowest BCUT2D eigenvalue weighted by atomic mass is 10.3. The summed E-state index contributed by atoms with van der Waals surface area (Å²) in [6.07, 6.45) is -3.01. The van der Waals surface area contributed by atoms with Gasteiger partial charge in [0.2, 0.25) is 0 Å². The molecule has 5 nitrogen and oxygen atoms in total. The highest BCUT2D eigenvalue weighted by molar-refractivity contribution is 9.10. The Hall–Kier alpha value is -2.03. The first-order valence-corrected chi connectivity index (χ1v) is 6.55. The molecule has 3 rings (SSSR count). The molecule has 0 unspecified atom stereocenters. The van der Waals surface area contributed by atoms with E-state index >= 15 is 0 Å². The Morgan fingerprint density at radius 3 is 2.62 bits per heavy atom. The van der Waals surface area contributed by atoms with E-state index in [9.17, 15) is 13.2 Å². The van der Waals surface area contributed by atoms with Crippen LogP contribution in [-0.2, 0) is 13.2 Å². The molecule has 0 aliphatic heterocycles. The Kier molecular flexibility index (Phi) is 3.16. The first kappa shape index (κ1) is 13.9. The lowest BCUT2D eigenvalue weighted by molar-refractivity contribution is -0.141. The van der Waals surface area contributed by atoms with E-state index in [0.717, 1.165) is 6.07 Å². The fourth-order valence-corrected chi connectivity index (χ4v) is 2.16. The van der Waals surface area contributed by atoms with Gasteiger partial charge >= 0.3 is 6.18 Å². The molecular formula is C12H7BrF3N5. The van der Waals surface area contributed by atoms with Crippen molar-refractivity contribution < 1.29 is 13.2 Å². The number of aromatic nitrogens is 5. The SMILES string of the molecule is Cn1c(-c2cccc(C(F)(F)F)n2)nc2nc(Br)cnc21. The normalized spacial score (nSPS) is 12.0. The van der Waals surface area contributed by atoms with Gasteiger partial charge in [-0.25, -0.2) is 19.9 Å². The van der Waals surface area contributed by atoms with Crippen LogP contribution in [0.1, 0.15) is 5.69 Å². The van der Waals surface area contributed by atoms with Crippen LogP contribution in [0.4, 0.5) is 13.2 Å². The van der Waals surface area contributed by atoms with Gasteiger partial charge in [0.05, 0.1) is 6.20 Å². The molecule has 21 heavy (non-hydrogen) atoms. The van der Waals surface area contributed by atoms with Gasteiger partial charge in [0.15, 0.2) is 17.1 Å². The van der Waals surface area contributed by atoms with Crippen molar-refractivity contribution in [1.82, 2.24) is 24.5 Å². The molecule has 0 aliphatic carbocycles. The van der Waals surface area contributed by atoms with Gasteiger partial charge in [0.25, 0.3) is 0 Å². The molecule has 3 aromatic heterocycles. The number of halogens is 4. The first-order chi connectivity index (χ1) is 9.86. The molecule has 0 radical (unpaired) electrons. The number of rotatable bonds is 1. The van der Waals surface area contributed by atoms with E-state index in [-0.39, 0.29) is 11.5 Å². The summed E-state index contributed by atoms with van der Waals surface area (Å²) in [5, 5.41) is 0. The van der Waals surface area contributed by atoms with Crippen molar-refractivity contribution in [2.75, 3.05) is 0 Å². The van der Waals surface area contributed by atoms with Crippen molar-refractivity contribution in [1.29, 1.82) is 0 Å². The molecule has 0 atom stereocenters. The highest BCUT2D eigenvalue weighted by Crippen LogP contribution is 2.29. The topological polar surface area (TPSA) is 56.5 Å². The van der Waals surface area contributed by atoms with Crippen molar-refractivity contribution in [3.8, 4) is 11.5 Å². The van der Waals surface area contributed by atoms with E-state index in [1.54, 1.807) is 11.6 Å². The molecule has 9 heteroatoms. The van der Waals surface area contributed by atoms with Crippen LogP contribution in [0, 0.1) is 0 Å². The predicted octanol–water partition coefficient (Wildman–Crippen LogP) is 3.21. The van der Waals surface area contributed by atoms with Crippen LogP contribution in [0.3, 0.4) is 0 Å². The standard InChI is InChI=1S/C12H7BrF3N5/c1-21-10(20-9-11(21)17-5-8(13)19-9)6-3-2-4-7(18-6)12(14,15)16/h2-5H,1H3. The second-order valence-electron chi connectivity index (χ2n) is 4.24. The number of nitrogens with zero attached hydrogens (tertiary/aromatic N) is 5. The molecule has 3 heterocycles. The van der Waals surface area contributed by atoms with Gasteiger partial charge in [-0.05, 0) is 28.1 Å². The maximum atomic E-state index is 12.7. The fraction of sp³-hybridized carbons (Fsp3) is 0.167. The molecular weight excluding hydrogens is 351 g/mol. The number of hydrogen-bond donors (Lipinski definition) is 0. The van der Waals surface area contributed by atoms with Gasteiger partial charge in [-0.1, -0.05) is 6.07 Å². The summed E-state index contributed by atoms with van der Waals surface area (Å²) in [7, 11) is 1.65. The molecule has 0 saturated carbocycles. The van der Waals surface area contributed by atoms with Crippen LogP contribution in [-0.4, -0.2) is 24.5 Å². The summed E-state index contributed by atoms with van der Waals surface area (Å²) in [4.78, 5) is 16.1. The van der Waals surface area contributed by atoms with E-state index in [0.29, 0.717) is 15.9 Å². The van der Waals surface area contributed by atoms with Crippen LogP contribution in [0.25, 0.3) is 22.8 Å². The summed E-state index contributed by atoms with van der Waals surface area (Å²) >= 11 is 3.17. The third kappa shape index (κ3) is 2.48. The number of alkyl halides is 3. The maximum Gasteiger partial charge on any atom is 0.433 e. The monoisotopic (exact) mass is 357 g/mol. The summed E-state index contributed by atoms with van der Waals surface area (Å²) in [5.74, 6) is 0.272. The second-order valence-corrected chi connectivity index (χ2v) is 5.05. The predicted molar refractivity (Wildman–Crippen MR) is 72.2 cm³/mol. The summed E-state index contributed by atoms with van der Waals surface area (Å²) < 4.78 is 40.2. The van der Waals surface area contributed by atoms with E-state index < -0.39 is 11.9 Å². The number of fused-ring (bicyclic) bond motifs is 1. The largest absolute Gasteiger partial charge is 0.433 e.